The van der Waals surface area contributed by atoms with Crippen LogP contribution in [0.1, 0.15) is 81.0 Å². The van der Waals surface area contributed by atoms with E-state index in [0.717, 1.165) is 25.7 Å². The molecule has 1 heterocycles. The Labute approximate surface area is 203 Å². The molecule has 186 valence electrons. The van der Waals surface area contributed by atoms with Gasteiger partial charge in [-0.3, -0.25) is 9.59 Å². The Morgan fingerprint density at radius 2 is 1.76 bits per heavy atom. The summed E-state index contributed by atoms with van der Waals surface area (Å²) in [6.45, 7) is 4.53. The molecule has 0 radical (unpaired) electrons. The van der Waals surface area contributed by atoms with E-state index >= 15 is 0 Å². The van der Waals surface area contributed by atoms with Crippen molar-refractivity contribution in [3.63, 3.8) is 0 Å². The summed E-state index contributed by atoms with van der Waals surface area (Å²) in [7, 11) is -3.69. The number of benzene rings is 1. The van der Waals surface area contributed by atoms with Gasteiger partial charge in [0.15, 0.2) is 0 Å². The van der Waals surface area contributed by atoms with Crippen LogP contribution in [-0.4, -0.2) is 49.2 Å². The van der Waals surface area contributed by atoms with Gasteiger partial charge in [0.2, 0.25) is 15.9 Å². The van der Waals surface area contributed by atoms with E-state index in [-0.39, 0.29) is 22.8 Å². The van der Waals surface area contributed by atoms with Crippen LogP contribution >= 0.6 is 0 Å². The average Bonchev–Trinajstić information content (AvgIpc) is 2.83. The normalized spacial score (nSPS) is 23.1. The largest absolute Gasteiger partial charge is 0.352 e. The third-order valence-corrected chi connectivity index (χ3v) is 9.94. The van der Waals surface area contributed by atoms with Crippen molar-refractivity contribution in [3.05, 3.63) is 42.5 Å². The topological polar surface area (TPSA) is 95.6 Å². The van der Waals surface area contributed by atoms with Crippen LogP contribution < -0.4 is 10.6 Å². The molecule has 7 nitrogen and oxygen atoms in total. The highest BCUT2D eigenvalue weighted by molar-refractivity contribution is 7.89. The van der Waals surface area contributed by atoms with Crippen molar-refractivity contribution in [2.75, 3.05) is 13.1 Å². The molecule has 2 saturated carbocycles. The number of hydrogen-bond acceptors (Lipinski definition) is 4. The van der Waals surface area contributed by atoms with E-state index in [4.69, 9.17) is 0 Å². The Morgan fingerprint density at radius 1 is 1.06 bits per heavy atom. The third kappa shape index (κ3) is 5.38. The number of sulfonamides is 1. The molecule has 0 bridgehead atoms. The van der Waals surface area contributed by atoms with Crippen LogP contribution in [0.2, 0.25) is 0 Å². The molecule has 4 rings (SSSR count). The Balaban J connectivity index is 1.38. The minimum absolute atomic E-state index is 0.0445. The summed E-state index contributed by atoms with van der Waals surface area (Å²) >= 11 is 0. The van der Waals surface area contributed by atoms with Crippen molar-refractivity contribution in [1.82, 2.24) is 14.9 Å². The fourth-order valence-corrected chi connectivity index (χ4v) is 7.69. The molecule has 1 aliphatic heterocycles. The number of carbonyl (C=O) groups is 2. The van der Waals surface area contributed by atoms with Gasteiger partial charge < -0.3 is 10.6 Å². The van der Waals surface area contributed by atoms with Gasteiger partial charge in [0.25, 0.3) is 5.91 Å². The smallest absolute Gasteiger partial charge is 0.251 e. The molecule has 3 fully saturated rings. The fourth-order valence-electron chi connectivity index (χ4n) is 5.84. The first-order valence-corrected chi connectivity index (χ1v) is 14.1. The first-order valence-electron chi connectivity index (χ1n) is 12.7. The Kier molecular flexibility index (Phi) is 7.77. The summed E-state index contributed by atoms with van der Waals surface area (Å²) in [6.07, 6.45) is 12.4. The van der Waals surface area contributed by atoms with Crippen molar-refractivity contribution in [3.8, 4) is 0 Å². The first kappa shape index (κ1) is 24.9. The highest BCUT2D eigenvalue weighted by Crippen LogP contribution is 2.46. The van der Waals surface area contributed by atoms with Gasteiger partial charge in [-0.15, -0.1) is 0 Å². The zero-order valence-electron chi connectivity index (χ0n) is 19.9. The maximum atomic E-state index is 13.5. The Morgan fingerprint density at radius 3 is 2.38 bits per heavy atom. The molecule has 2 amide bonds. The molecular formula is C26H37N3O4S. The minimum atomic E-state index is -3.69. The van der Waals surface area contributed by atoms with Gasteiger partial charge in [-0.1, -0.05) is 38.7 Å². The Bertz CT molecular complexity index is 995. The average molecular weight is 488 g/mol. The molecule has 1 atom stereocenters. The van der Waals surface area contributed by atoms with Crippen LogP contribution in [0.25, 0.3) is 0 Å². The van der Waals surface area contributed by atoms with E-state index in [1.807, 2.05) is 0 Å². The van der Waals surface area contributed by atoms with E-state index in [1.54, 1.807) is 28.6 Å². The molecular weight excluding hydrogens is 450 g/mol. The molecule has 8 heteroatoms. The number of carbonyl (C=O) groups excluding carboxylic acids is 2. The van der Waals surface area contributed by atoms with Gasteiger partial charge in [0.1, 0.15) is 0 Å². The van der Waals surface area contributed by atoms with Crippen LogP contribution in [-0.2, 0) is 14.8 Å². The van der Waals surface area contributed by atoms with E-state index < -0.39 is 15.6 Å². The molecule has 1 saturated heterocycles. The molecule has 34 heavy (non-hydrogen) atoms. The van der Waals surface area contributed by atoms with Crippen LogP contribution in [0.3, 0.4) is 0 Å². The van der Waals surface area contributed by atoms with Gasteiger partial charge in [0.05, 0.1) is 4.90 Å². The number of amides is 2. The number of hydrogen-bond donors (Lipinski definition) is 2. The van der Waals surface area contributed by atoms with Crippen LogP contribution in [0, 0.1) is 5.92 Å². The standard InChI is InChI=1S/C26H37N3O4S/c1-2-24(30)28-22-14-18-29(26(19-22)15-6-16-26)34(32,33)23-11-9-21(10-12-23)25(31)27-17-13-20-7-4-3-5-8-20/h2,9-12,20,22H,1,3-8,13-19H2,(H,27,31)(H,28,30). The lowest BCUT2D eigenvalue weighted by Crippen LogP contribution is -2.63. The van der Waals surface area contributed by atoms with Crippen LogP contribution in [0.5, 0.6) is 0 Å². The minimum Gasteiger partial charge on any atom is -0.352 e. The molecule has 2 aliphatic carbocycles. The first-order chi connectivity index (χ1) is 16.3. The van der Waals surface area contributed by atoms with Crippen molar-refractivity contribution in [2.24, 2.45) is 5.92 Å². The summed E-state index contributed by atoms with van der Waals surface area (Å²) in [5.74, 6) is 0.326. The van der Waals surface area contributed by atoms with Crippen molar-refractivity contribution < 1.29 is 18.0 Å². The van der Waals surface area contributed by atoms with Crippen molar-refractivity contribution in [1.29, 1.82) is 0 Å². The summed E-state index contributed by atoms with van der Waals surface area (Å²) in [6, 6.07) is 6.25. The van der Waals surface area contributed by atoms with Crippen molar-refractivity contribution >= 4 is 21.8 Å². The van der Waals surface area contributed by atoms with Gasteiger partial charge in [-0.2, -0.15) is 4.31 Å². The van der Waals surface area contributed by atoms with Crippen molar-refractivity contribution in [2.45, 2.75) is 87.1 Å². The van der Waals surface area contributed by atoms with E-state index in [1.165, 1.54) is 38.2 Å². The predicted molar refractivity (Wildman–Crippen MR) is 132 cm³/mol. The summed E-state index contributed by atoms with van der Waals surface area (Å²) in [4.78, 5) is 24.5. The van der Waals surface area contributed by atoms with E-state index in [2.05, 4.69) is 17.2 Å². The lowest BCUT2D eigenvalue weighted by atomic mass is 9.70. The molecule has 1 spiro atoms. The maximum Gasteiger partial charge on any atom is 0.251 e. The zero-order valence-corrected chi connectivity index (χ0v) is 20.7. The molecule has 0 aromatic heterocycles. The number of piperidine rings is 1. The van der Waals surface area contributed by atoms with Gasteiger partial charge in [0, 0.05) is 30.2 Å². The predicted octanol–water partition coefficient (Wildman–Crippen LogP) is 3.76. The lowest BCUT2D eigenvalue weighted by molar-refractivity contribution is -0.117. The highest BCUT2D eigenvalue weighted by Gasteiger charge is 2.51. The van der Waals surface area contributed by atoms with Crippen LogP contribution in [0.15, 0.2) is 41.8 Å². The number of nitrogens with one attached hydrogen (secondary N) is 2. The second-order valence-corrected chi connectivity index (χ2v) is 12.0. The molecule has 1 aromatic carbocycles. The quantitative estimate of drug-likeness (QED) is 0.546. The second-order valence-electron chi connectivity index (χ2n) is 10.1. The summed E-state index contributed by atoms with van der Waals surface area (Å²) in [5.41, 5.74) is 0.0394. The molecule has 1 unspecified atom stereocenters. The zero-order chi connectivity index (χ0) is 24.2. The SMILES string of the molecule is C=CC(=O)NC1CCN(S(=O)(=O)c2ccc(C(=O)NCCC3CCCCC3)cc2)C2(CCC2)C1. The lowest BCUT2D eigenvalue weighted by Gasteiger charge is -2.54. The summed E-state index contributed by atoms with van der Waals surface area (Å²) < 4.78 is 28.7. The van der Waals surface area contributed by atoms with E-state index in [9.17, 15) is 18.0 Å². The summed E-state index contributed by atoms with van der Waals surface area (Å²) in [5, 5.41) is 5.92. The molecule has 2 N–H and O–H groups in total. The number of rotatable bonds is 8. The highest BCUT2D eigenvalue weighted by atomic mass is 32.2. The van der Waals surface area contributed by atoms with Gasteiger partial charge in [-0.05, 0) is 74.8 Å². The fraction of sp³-hybridized carbons (Fsp3) is 0.615. The third-order valence-electron chi connectivity index (χ3n) is 7.92. The van der Waals surface area contributed by atoms with E-state index in [0.29, 0.717) is 37.4 Å². The second kappa shape index (κ2) is 10.6. The number of nitrogens with zero attached hydrogens (tertiary/aromatic N) is 1. The monoisotopic (exact) mass is 487 g/mol. The van der Waals surface area contributed by atoms with Gasteiger partial charge in [-0.25, -0.2) is 8.42 Å². The Hall–Kier alpha value is -2.19. The van der Waals surface area contributed by atoms with Crippen LogP contribution in [0.4, 0.5) is 0 Å². The molecule has 1 aromatic rings. The molecule has 3 aliphatic rings. The maximum absolute atomic E-state index is 13.5. The van der Waals surface area contributed by atoms with Gasteiger partial charge >= 0.3 is 0 Å².